The van der Waals surface area contributed by atoms with Crippen LogP contribution in [-0.4, -0.2) is 116 Å². The molecular formula is C58H93BrF2N6O6. The van der Waals surface area contributed by atoms with Crippen molar-refractivity contribution < 1.29 is 37.4 Å². The Kier molecular flexibility index (Phi) is 29.6. The summed E-state index contributed by atoms with van der Waals surface area (Å²) in [5, 5.41) is 10.0. The minimum Gasteiger partial charge on any atom is -0.467 e. The third kappa shape index (κ3) is 22.3. The third-order valence-electron chi connectivity index (χ3n) is 15.5. The van der Waals surface area contributed by atoms with Crippen molar-refractivity contribution in [2.75, 3.05) is 65.6 Å². The van der Waals surface area contributed by atoms with Gasteiger partial charge < -0.3 is 30.3 Å². The van der Waals surface area contributed by atoms with Crippen molar-refractivity contribution in [1.29, 1.82) is 0 Å². The molecule has 2 aliphatic heterocycles. The number of alkyl halides is 3. The first kappa shape index (κ1) is 62.0. The van der Waals surface area contributed by atoms with Crippen molar-refractivity contribution in [3.05, 3.63) is 58.2 Å². The number of hydrogen-bond acceptors (Lipinski definition) is 10. The van der Waals surface area contributed by atoms with E-state index < -0.39 is 22.9 Å². The number of likely N-dealkylation sites (tertiary alicyclic amines) is 1. The summed E-state index contributed by atoms with van der Waals surface area (Å²) in [6, 6.07) is 7.82. The number of carbonyl (C=O) groups excluding carboxylic acids is 4. The van der Waals surface area contributed by atoms with Crippen LogP contribution in [0.5, 0.6) is 0 Å². The first-order valence-corrected chi connectivity index (χ1v) is 29.3. The van der Waals surface area contributed by atoms with E-state index in [-0.39, 0.29) is 37.1 Å². The lowest BCUT2D eigenvalue weighted by Crippen LogP contribution is -2.51. The van der Waals surface area contributed by atoms with Crippen LogP contribution in [0.3, 0.4) is 0 Å². The minimum absolute atomic E-state index is 0.0213. The molecule has 15 heteroatoms. The van der Waals surface area contributed by atoms with Gasteiger partial charge in [0.25, 0.3) is 0 Å². The van der Waals surface area contributed by atoms with Crippen molar-refractivity contribution in [3.8, 4) is 0 Å². The molecule has 4 heterocycles. The number of amides is 2. The van der Waals surface area contributed by atoms with E-state index in [9.17, 15) is 28.0 Å². The van der Waals surface area contributed by atoms with Crippen molar-refractivity contribution in [2.45, 2.75) is 206 Å². The maximum Gasteiger partial charge on any atom is 0.328 e. The van der Waals surface area contributed by atoms with Crippen LogP contribution in [0.1, 0.15) is 189 Å². The quantitative estimate of drug-likeness (QED) is 0.0448. The molecule has 0 saturated carbocycles. The summed E-state index contributed by atoms with van der Waals surface area (Å²) < 4.78 is 33.3. The molecule has 4 aliphatic rings. The van der Waals surface area contributed by atoms with Crippen molar-refractivity contribution >= 4 is 39.7 Å². The number of rotatable bonds is 27. The van der Waals surface area contributed by atoms with Crippen LogP contribution in [0.15, 0.2) is 24.3 Å². The number of aryl methyl sites for hydroxylation is 6. The molecule has 73 heavy (non-hydrogen) atoms. The van der Waals surface area contributed by atoms with E-state index in [1.807, 2.05) is 13.8 Å². The Bertz CT molecular complexity index is 1930. The first-order chi connectivity index (χ1) is 35.4. The fourth-order valence-electron chi connectivity index (χ4n) is 10.4. The van der Waals surface area contributed by atoms with Gasteiger partial charge in [0, 0.05) is 45.5 Å². The third-order valence-corrected chi connectivity index (χ3v) is 16.1. The van der Waals surface area contributed by atoms with E-state index in [0.29, 0.717) is 25.7 Å². The molecule has 2 aromatic rings. The topological polar surface area (TPSA) is 152 Å². The highest BCUT2D eigenvalue weighted by Crippen LogP contribution is 2.32. The number of halogens is 3. The van der Waals surface area contributed by atoms with Gasteiger partial charge in [0.1, 0.15) is 12.1 Å². The number of carbonyl (C=O) groups is 4. The van der Waals surface area contributed by atoms with E-state index >= 15 is 0 Å². The van der Waals surface area contributed by atoms with Gasteiger partial charge in [-0.25, -0.2) is 9.59 Å². The Hall–Kier alpha value is -3.56. The zero-order chi connectivity index (χ0) is 52.7. The Morgan fingerprint density at radius 2 is 1.04 bits per heavy atom. The normalized spacial score (nSPS) is 17.7. The SMILES string of the molecule is COC(=O)[C@H](CCCCCCCc1ccc2c(n1)CCCC2)NC(=O)C1(C)CCN(CCCF)CC1.COC(=O)[C@H](CCCCCCCc1ccc2c(n1)CCCC2)NC(=O)C1(C)CCNCC1.FCCCBr. The summed E-state index contributed by atoms with van der Waals surface area (Å²) in [4.78, 5) is 62.4. The molecule has 2 amide bonds. The first-order valence-electron chi connectivity index (χ1n) is 28.2. The standard InChI is InChI=1S/C29H46FN3O3.C26H41N3O3.C3H6BrF/c1-29(17-21-33(22-18-29)20-10-19-30)28(35)32-26(27(34)36-2)14-7-5-3-4-6-12-24-16-15-23-11-8-9-13-25(23)31-24;1-26(16-18-27-19-17-26)25(31)29-23(24(30)32-2)13-7-5-3-4-6-11-21-15-14-20-10-8-9-12-22(20)28-21;4-2-1-3-5/h15-16,26H,3-14,17-22H2,1-2H3,(H,32,35);14-15,23,27H,3-13,16-19H2,1-2H3,(H,29,31);1-3H2/t26-;23-;/m00./s1. The highest BCUT2D eigenvalue weighted by Gasteiger charge is 2.39. The number of nitrogens with zero attached hydrogens (tertiary/aromatic N) is 3. The smallest absolute Gasteiger partial charge is 0.328 e. The average molecular weight is 1090 g/mol. The molecule has 2 aromatic heterocycles. The Morgan fingerprint density at radius 3 is 1.47 bits per heavy atom. The molecule has 2 fully saturated rings. The summed E-state index contributed by atoms with van der Waals surface area (Å²) >= 11 is 3.07. The van der Waals surface area contributed by atoms with E-state index in [2.05, 4.69) is 61.0 Å². The van der Waals surface area contributed by atoms with Crippen LogP contribution < -0.4 is 16.0 Å². The van der Waals surface area contributed by atoms with E-state index in [1.165, 1.54) is 93.1 Å². The van der Waals surface area contributed by atoms with Gasteiger partial charge >= 0.3 is 11.9 Å². The van der Waals surface area contributed by atoms with Gasteiger partial charge in [-0.2, -0.15) is 0 Å². The molecule has 12 nitrogen and oxygen atoms in total. The summed E-state index contributed by atoms with van der Waals surface area (Å²) in [6.07, 6.45) is 28.0. The van der Waals surface area contributed by atoms with Gasteiger partial charge in [-0.1, -0.05) is 93.3 Å². The lowest BCUT2D eigenvalue weighted by atomic mass is 9.79. The van der Waals surface area contributed by atoms with Crippen molar-refractivity contribution in [1.82, 2.24) is 30.8 Å². The number of unbranched alkanes of at least 4 members (excludes halogenated alkanes) is 8. The van der Waals surface area contributed by atoms with Crippen LogP contribution in [-0.2, 0) is 67.2 Å². The van der Waals surface area contributed by atoms with Crippen LogP contribution >= 0.6 is 15.9 Å². The van der Waals surface area contributed by atoms with Crippen LogP contribution in [0.4, 0.5) is 8.78 Å². The molecule has 3 N–H and O–H groups in total. The Labute approximate surface area is 446 Å². The number of nitrogens with one attached hydrogen (secondary N) is 3. The highest BCUT2D eigenvalue weighted by atomic mass is 79.9. The maximum atomic E-state index is 13.1. The number of methoxy groups -OCH3 is 2. The molecule has 412 valence electrons. The Balaban J connectivity index is 0.000000291. The zero-order valence-electron chi connectivity index (χ0n) is 45.3. The predicted molar refractivity (Wildman–Crippen MR) is 291 cm³/mol. The highest BCUT2D eigenvalue weighted by molar-refractivity contribution is 9.09. The molecular weight excluding hydrogens is 995 g/mol. The van der Waals surface area contributed by atoms with Gasteiger partial charge in [0.15, 0.2) is 0 Å². The molecule has 0 radical (unpaired) electrons. The molecule has 6 rings (SSSR count). The van der Waals surface area contributed by atoms with Crippen molar-refractivity contribution in [2.24, 2.45) is 10.8 Å². The van der Waals surface area contributed by atoms with Crippen molar-refractivity contribution in [3.63, 3.8) is 0 Å². The minimum atomic E-state index is -0.594. The monoisotopic (exact) mass is 1090 g/mol. The van der Waals surface area contributed by atoms with Crippen LogP contribution in [0, 0.1) is 10.8 Å². The number of ether oxygens (including phenoxy) is 2. The molecule has 2 aliphatic carbocycles. The molecule has 2 atom stereocenters. The molecule has 0 aromatic carbocycles. The van der Waals surface area contributed by atoms with Crippen LogP contribution in [0.25, 0.3) is 0 Å². The summed E-state index contributed by atoms with van der Waals surface area (Å²) in [5.41, 5.74) is 7.06. The second-order valence-corrected chi connectivity index (χ2v) is 22.2. The van der Waals surface area contributed by atoms with Gasteiger partial charge in [-0.3, -0.25) is 28.3 Å². The van der Waals surface area contributed by atoms with Gasteiger partial charge in [-0.05, 0) is 178 Å². The average Bonchev–Trinajstić information content (AvgIpc) is 3.41. The van der Waals surface area contributed by atoms with Gasteiger partial charge in [0.2, 0.25) is 11.8 Å². The number of hydrogen-bond donors (Lipinski definition) is 3. The number of fused-ring (bicyclic) bond motifs is 2. The van der Waals surface area contributed by atoms with Crippen LogP contribution in [0.2, 0.25) is 0 Å². The Morgan fingerprint density at radius 1 is 0.616 bits per heavy atom. The largest absolute Gasteiger partial charge is 0.467 e. The number of pyridine rings is 2. The fraction of sp³-hybridized carbons (Fsp3) is 0.759. The summed E-state index contributed by atoms with van der Waals surface area (Å²) in [6.45, 7) is 7.45. The number of piperidine rings is 2. The van der Waals surface area contributed by atoms with Gasteiger partial charge in [0.05, 0.1) is 27.6 Å². The second-order valence-electron chi connectivity index (χ2n) is 21.4. The van der Waals surface area contributed by atoms with Gasteiger partial charge in [-0.15, -0.1) is 0 Å². The van der Waals surface area contributed by atoms with E-state index in [1.54, 1.807) is 0 Å². The lowest BCUT2D eigenvalue weighted by molar-refractivity contribution is -0.147. The maximum absolute atomic E-state index is 13.1. The number of esters is 2. The summed E-state index contributed by atoms with van der Waals surface area (Å²) in [7, 11) is 2.77. The zero-order valence-corrected chi connectivity index (χ0v) is 46.9. The molecule has 0 spiro atoms. The predicted octanol–water partition coefficient (Wildman–Crippen LogP) is 10.6. The fourth-order valence-corrected chi connectivity index (χ4v) is 10.6. The molecule has 0 bridgehead atoms. The van der Waals surface area contributed by atoms with E-state index in [0.717, 1.165) is 147 Å². The van der Waals surface area contributed by atoms with E-state index in [4.69, 9.17) is 19.4 Å². The second kappa shape index (κ2) is 34.9. The molecule has 0 unspecified atom stereocenters. The number of aromatic nitrogens is 2. The lowest BCUT2D eigenvalue weighted by Gasteiger charge is -2.38. The summed E-state index contributed by atoms with van der Waals surface area (Å²) in [5.74, 6) is -0.798. The molecule has 2 saturated heterocycles.